The number of rotatable bonds is 5. The maximum atomic E-state index is 12.1. The minimum Gasteiger partial charge on any atom is -0.481 e. The number of sulfonamides is 1. The minimum atomic E-state index is -3.31. The second kappa shape index (κ2) is 5.82. The number of hydrogen-bond donors (Lipinski definition) is 1. The van der Waals surface area contributed by atoms with Gasteiger partial charge < -0.3 is 5.11 Å². The van der Waals surface area contributed by atoms with Crippen LogP contribution < -0.4 is 0 Å². The fraction of sp³-hybridized carbons (Fsp3) is 0.909. The van der Waals surface area contributed by atoms with Gasteiger partial charge in [0.05, 0.1) is 5.75 Å². The molecule has 0 aliphatic carbocycles. The van der Waals surface area contributed by atoms with Crippen LogP contribution >= 0.6 is 0 Å². The highest BCUT2D eigenvalue weighted by Crippen LogP contribution is 2.26. The molecule has 0 aromatic rings. The van der Waals surface area contributed by atoms with E-state index in [2.05, 4.69) is 0 Å². The van der Waals surface area contributed by atoms with Crippen molar-refractivity contribution in [1.82, 2.24) is 4.31 Å². The molecule has 2 atom stereocenters. The summed E-state index contributed by atoms with van der Waals surface area (Å²) in [6.45, 7) is 3.84. The summed E-state index contributed by atoms with van der Waals surface area (Å²) in [5, 5.41) is 8.52. The molecule has 1 saturated heterocycles. The monoisotopic (exact) mass is 263 g/mol. The van der Waals surface area contributed by atoms with E-state index in [9.17, 15) is 13.2 Å². The molecule has 1 fully saturated rings. The highest BCUT2D eigenvalue weighted by molar-refractivity contribution is 7.89. The summed E-state index contributed by atoms with van der Waals surface area (Å²) in [5.74, 6) is -1.01. The first kappa shape index (κ1) is 14.4. The van der Waals surface area contributed by atoms with Gasteiger partial charge >= 0.3 is 5.97 Å². The Balaban J connectivity index is 2.64. The fourth-order valence-electron chi connectivity index (χ4n) is 2.46. The quantitative estimate of drug-likeness (QED) is 0.814. The lowest BCUT2D eigenvalue weighted by molar-refractivity contribution is -0.137. The number of carbonyl (C=O) groups is 1. The van der Waals surface area contributed by atoms with E-state index in [1.54, 1.807) is 4.31 Å². The molecule has 17 heavy (non-hydrogen) atoms. The Morgan fingerprint density at radius 2 is 1.82 bits per heavy atom. The summed E-state index contributed by atoms with van der Waals surface area (Å²) in [6, 6.07) is 0.0714. The van der Waals surface area contributed by atoms with Gasteiger partial charge in [0, 0.05) is 18.5 Å². The average molecular weight is 263 g/mol. The topological polar surface area (TPSA) is 74.7 Å². The van der Waals surface area contributed by atoms with Gasteiger partial charge in [-0.2, -0.15) is 4.31 Å². The third-order valence-electron chi connectivity index (χ3n) is 3.23. The molecular weight excluding hydrogens is 242 g/mol. The van der Waals surface area contributed by atoms with Gasteiger partial charge in [-0.1, -0.05) is 6.42 Å². The highest BCUT2D eigenvalue weighted by atomic mass is 32.2. The van der Waals surface area contributed by atoms with Crippen LogP contribution in [-0.2, 0) is 14.8 Å². The zero-order valence-corrected chi connectivity index (χ0v) is 11.2. The molecule has 0 amide bonds. The molecule has 1 N–H and O–H groups in total. The average Bonchev–Trinajstić information content (AvgIpc) is 2.15. The third-order valence-corrected chi connectivity index (χ3v) is 5.39. The van der Waals surface area contributed by atoms with Crippen molar-refractivity contribution in [3.05, 3.63) is 0 Å². The fourth-order valence-corrected chi connectivity index (χ4v) is 4.48. The van der Waals surface area contributed by atoms with E-state index in [1.807, 2.05) is 13.8 Å². The number of carboxylic acid groups (broad SMARTS) is 1. The van der Waals surface area contributed by atoms with Crippen LogP contribution in [0.3, 0.4) is 0 Å². The standard InChI is InChI=1S/C11H21NO4S/c1-9-5-3-6-10(2)12(9)17(15,16)8-4-7-11(13)14/h9-10H,3-8H2,1-2H3,(H,13,14). The molecule has 0 aromatic heterocycles. The number of carboxylic acids is 1. The van der Waals surface area contributed by atoms with Crippen molar-refractivity contribution in [2.45, 2.75) is 58.0 Å². The second-order valence-corrected chi connectivity index (χ2v) is 6.77. The molecule has 100 valence electrons. The van der Waals surface area contributed by atoms with E-state index in [0.717, 1.165) is 19.3 Å². The van der Waals surface area contributed by atoms with Crippen LogP contribution in [0.5, 0.6) is 0 Å². The molecule has 6 heteroatoms. The highest BCUT2D eigenvalue weighted by Gasteiger charge is 2.33. The van der Waals surface area contributed by atoms with Crippen LogP contribution in [-0.4, -0.2) is 41.6 Å². The van der Waals surface area contributed by atoms with Gasteiger partial charge in [0.2, 0.25) is 10.0 Å². The lowest BCUT2D eigenvalue weighted by atomic mass is 10.0. The van der Waals surface area contributed by atoms with Gasteiger partial charge in [-0.3, -0.25) is 4.79 Å². The first-order valence-electron chi connectivity index (χ1n) is 6.07. The van der Waals surface area contributed by atoms with Crippen molar-refractivity contribution in [3.8, 4) is 0 Å². The van der Waals surface area contributed by atoms with Crippen LogP contribution in [0, 0.1) is 0 Å². The lowest BCUT2D eigenvalue weighted by Crippen LogP contribution is -2.48. The van der Waals surface area contributed by atoms with Crippen molar-refractivity contribution >= 4 is 16.0 Å². The minimum absolute atomic E-state index is 0.0357. The predicted molar refractivity (Wildman–Crippen MR) is 65.3 cm³/mol. The van der Waals surface area contributed by atoms with E-state index in [0.29, 0.717) is 0 Å². The van der Waals surface area contributed by atoms with E-state index in [1.165, 1.54) is 0 Å². The van der Waals surface area contributed by atoms with Crippen molar-refractivity contribution in [1.29, 1.82) is 0 Å². The Morgan fingerprint density at radius 1 is 1.29 bits per heavy atom. The molecule has 1 rings (SSSR count). The summed E-state index contributed by atoms with van der Waals surface area (Å²) in [6.07, 6.45) is 2.94. The van der Waals surface area contributed by atoms with Gasteiger partial charge in [0.25, 0.3) is 0 Å². The molecule has 0 saturated carbocycles. The Bertz CT molecular complexity index is 356. The SMILES string of the molecule is CC1CCCC(C)N1S(=O)(=O)CCCC(=O)O. The summed E-state index contributed by atoms with van der Waals surface area (Å²) in [7, 11) is -3.31. The lowest BCUT2D eigenvalue weighted by Gasteiger charge is -2.37. The maximum absolute atomic E-state index is 12.1. The Hall–Kier alpha value is -0.620. The molecule has 5 nitrogen and oxygen atoms in total. The van der Waals surface area contributed by atoms with Gasteiger partial charge in [-0.25, -0.2) is 8.42 Å². The Morgan fingerprint density at radius 3 is 2.29 bits per heavy atom. The summed E-state index contributed by atoms with van der Waals surface area (Å²) < 4.78 is 25.8. The first-order valence-corrected chi connectivity index (χ1v) is 7.68. The predicted octanol–water partition coefficient (Wildman–Crippen LogP) is 1.44. The molecule has 0 spiro atoms. The van der Waals surface area contributed by atoms with Crippen molar-refractivity contribution in [2.24, 2.45) is 0 Å². The van der Waals surface area contributed by atoms with Crippen LogP contribution in [0.25, 0.3) is 0 Å². The smallest absolute Gasteiger partial charge is 0.303 e. The number of hydrogen-bond acceptors (Lipinski definition) is 3. The Labute approximate surface area is 103 Å². The van der Waals surface area contributed by atoms with E-state index < -0.39 is 16.0 Å². The van der Waals surface area contributed by atoms with E-state index in [-0.39, 0.29) is 30.7 Å². The molecule has 1 aliphatic heterocycles. The summed E-state index contributed by atoms with van der Waals surface area (Å²) in [5.41, 5.74) is 0. The van der Waals surface area contributed by atoms with E-state index in [4.69, 9.17) is 5.11 Å². The molecular formula is C11H21NO4S. The van der Waals surface area contributed by atoms with Crippen molar-refractivity contribution in [2.75, 3.05) is 5.75 Å². The van der Waals surface area contributed by atoms with Crippen LogP contribution in [0.4, 0.5) is 0 Å². The van der Waals surface area contributed by atoms with Crippen molar-refractivity contribution < 1.29 is 18.3 Å². The van der Waals surface area contributed by atoms with Crippen LogP contribution in [0.1, 0.15) is 46.0 Å². The summed E-state index contributed by atoms with van der Waals surface area (Å²) >= 11 is 0. The second-order valence-electron chi connectivity index (χ2n) is 4.77. The summed E-state index contributed by atoms with van der Waals surface area (Å²) in [4.78, 5) is 10.4. The van der Waals surface area contributed by atoms with Gasteiger partial charge in [-0.05, 0) is 33.1 Å². The molecule has 1 aliphatic rings. The van der Waals surface area contributed by atoms with Crippen molar-refractivity contribution in [3.63, 3.8) is 0 Å². The zero-order valence-electron chi connectivity index (χ0n) is 10.4. The normalized spacial score (nSPS) is 26.9. The Kier molecular flexibility index (Phi) is 4.94. The third kappa shape index (κ3) is 3.96. The van der Waals surface area contributed by atoms with E-state index >= 15 is 0 Å². The number of piperidine rings is 1. The van der Waals surface area contributed by atoms with Gasteiger partial charge in [0.15, 0.2) is 0 Å². The van der Waals surface area contributed by atoms with Gasteiger partial charge in [-0.15, -0.1) is 0 Å². The number of aliphatic carboxylic acids is 1. The van der Waals surface area contributed by atoms with Crippen LogP contribution in [0.15, 0.2) is 0 Å². The molecule has 0 bridgehead atoms. The molecule has 2 unspecified atom stereocenters. The molecule has 1 heterocycles. The number of nitrogens with zero attached hydrogens (tertiary/aromatic N) is 1. The maximum Gasteiger partial charge on any atom is 0.303 e. The van der Waals surface area contributed by atoms with Gasteiger partial charge in [0.1, 0.15) is 0 Å². The first-order chi connectivity index (χ1) is 7.84. The van der Waals surface area contributed by atoms with Crippen LogP contribution in [0.2, 0.25) is 0 Å². The molecule has 0 aromatic carbocycles. The largest absolute Gasteiger partial charge is 0.481 e. The molecule has 0 radical (unpaired) electrons. The zero-order chi connectivity index (χ0) is 13.1.